The van der Waals surface area contributed by atoms with Crippen LogP contribution in [0.4, 0.5) is 5.13 Å². The molecule has 124 valence electrons. The van der Waals surface area contributed by atoms with Crippen LogP contribution in [0.15, 0.2) is 54.2 Å². The maximum Gasteiger partial charge on any atom is 0.254 e. The van der Waals surface area contributed by atoms with Gasteiger partial charge in [-0.05, 0) is 23.8 Å². The van der Waals surface area contributed by atoms with Crippen LogP contribution in [0.2, 0.25) is 0 Å². The molecule has 1 N–H and O–H groups in total. The summed E-state index contributed by atoms with van der Waals surface area (Å²) in [6.07, 6.45) is 3.34. The van der Waals surface area contributed by atoms with Crippen molar-refractivity contribution in [3.63, 3.8) is 0 Å². The van der Waals surface area contributed by atoms with Crippen LogP contribution in [-0.4, -0.2) is 33.2 Å². The zero-order chi connectivity index (χ0) is 17.2. The van der Waals surface area contributed by atoms with Crippen molar-refractivity contribution in [1.29, 1.82) is 0 Å². The Balaban J connectivity index is 1.50. The van der Waals surface area contributed by atoms with Gasteiger partial charge in [0.05, 0.1) is 5.69 Å². The monoisotopic (exact) mass is 350 g/mol. The van der Waals surface area contributed by atoms with E-state index in [1.807, 2.05) is 36.4 Å². The van der Waals surface area contributed by atoms with Crippen molar-refractivity contribution in [2.24, 2.45) is 0 Å². The lowest BCUT2D eigenvalue weighted by molar-refractivity contribution is -0.116. The number of hydrogen-bond acceptors (Lipinski definition) is 5. The van der Waals surface area contributed by atoms with Crippen LogP contribution in [0.3, 0.4) is 0 Å². The fourth-order valence-electron chi connectivity index (χ4n) is 2.80. The van der Waals surface area contributed by atoms with Crippen molar-refractivity contribution in [3.05, 3.63) is 65.3 Å². The van der Waals surface area contributed by atoms with Crippen LogP contribution >= 0.6 is 11.3 Å². The Kier molecular flexibility index (Phi) is 3.99. The number of nitrogens with zero attached hydrogens (tertiary/aromatic N) is 3. The zero-order valence-electron chi connectivity index (χ0n) is 13.2. The van der Waals surface area contributed by atoms with Gasteiger partial charge in [-0.2, -0.15) is 0 Å². The summed E-state index contributed by atoms with van der Waals surface area (Å²) in [5.74, 6) is -0.386. The van der Waals surface area contributed by atoms with Gasteiger partial charge in [0.15, 0.2) is 5.13 Å². The average molecular weight is 350 g/mol. The summed E-state index contributed by atoms with van der Waals surface area (Å²) < 4.78 is 0. The van der Waals surface area contributed by atoms with Gasteiger partial charge in [0.1, 0.15) is 6.54 Å². The Morgan fingerprint density at radius 3 is 2.88 bits per heavy atom. The number of aromatic nitrogens is 2. The molecule has 0 bridgehead atoms. The Morgan fingerprint density at radius 2 is 2.12 bits per heavy atom. The minimum atomic E-state index is -0.249. The molecule has 25 heavy (non-hydrogen) atoms. The topological polar surface area (TPSA) is 75.2 Å². The third-order valence-corrected chi connectivity index (χ3v) is 4.65. The number of thiazole rings is 1. The van der Waals surface area contributed by atoms with E-state index in [0.717, 1.165) is 16.8 Å². The highest BCUT2D eigenvalue weighted by Gasteiger charge is 2.29. The molecule has 2 aromatic heterocycles. The zero-order valence-corrected chi connectivity index (χ0v) is 14.0. The van der Waals surface area contributed by atoms with E-state index < -0.39 is 0 Å². The first kappa shape index (κ1) is 15.5. The number of carbonyl (C=O) groups is 2. The number of amides is 2. The van der Waals surface area contributed by atoms with Gasteiger partial charge in [-0.15, -0.1) is 11.3 Å². The van der Waals surface area contributed by atoms with Gasteiger partial charge in [-0.25, -0.2) is 4.98 Å². The molecule has 7 heteroatoms. The summed E-state index contributed by atoms with van der Waals surface area (Å²) in [5.41, 5.74) is 3.26. The van der Waals surface area contributed by atoms with Crippen LogP contribution < -0.4 is 5.32 Å². The highest BCUT2D eigenvalue weighted by atomic mass is 32.1. The minimum absolute atomic E-state index is 0.00597. The molecule has 0 atom stereocenters. The number of fused-ring (bicyclic) bond motifs is 1. The summed E-state index contributed by atoms with van der Waals surface area (Å²) in [7, 11) is 0. The number of nitrogens with one attached hydrogen (secondary N) is 1. The molecular formula is C18H14N4O2S. The molecule has 0 unspecified atom stereocenters. The molecule has 1 aliphatic rings. The highest BCUT2D eigenvalue weighted by molar-refractivity contribution is 7.13. The van der Waals surface area contributed by atoms with Gasteiger partial charge >= 0.3 is 0 Å². The summed E-state index contributed by atoms with van der Waals surface area (Å²) in [6, 6.07) is 11.4. The lowest BCUT2D eigenvalue weighted by Crippen LogP contribution is -2.33. The molecule has 3 heterocycles. The Morgan fingerprint density at radius 1 is 1.20 bits per heavy atom. The Bertz CT molecular complexity index is 926. The maximum atomic E-state index is 12.6. The lowest BCUT2D eigenvalue weighted by atomic mass is 10.0. The van der Waals surface area contributed by atoms with Crippen molar-refractivity contribution in [2.75, 3.05) is 11.9 Å². The second-order valence-electron chi connectivity index (χ2n) is 5.63. The molecular weight excluding hydrogens is 336 g/mol. The Hall–Kier alpha value is -3.06. The van der Waals surface area contributed by atoms with Crippen molar-refractivity contribution >= 4 is 28.3 Å². The molecule has 1 aromatic carbocycles. The minimum Gasteiger partial charge on any atom is -0.325 e. The fraction of sp³-hybridized carbons (Fsp3) is 0.111. The van der Waals surface area contributed by atoms with Crippen molar-refractivity contribution in [2.45, 2.75) is 6.54 Å². The van der Waals surface area contributed by atoms with Crippen LogP contribution in [-0.2, 0) is 11.3 Å². The van der Waals surface area contributed by atoms with Crippen molar-refractivity contribution < 1.29 is 9.59 Å². The summed E-state index contributed by atoms with van der Waals surface area (Å²) in [5, 5.41) is 5.02. The first-order valence-electron chi connectivity index (χ1n) is 7.73. The highest BCUT2D eigenvalue weighted by Crippen LogP contribution is 2.27. The van der Waals surface area contributed by atoms with Gasteiger partial charge in [0.25, 0.3) is 5.91 Å². The largest absolute Gasteiger partial charge is 0.325 e. The van der Waals surface area contributed by atoms with Gasteiger partial charge in [0, 0.05) is 35.4 Å². The molecule has 1 aliphatic heterocycles. The van der Waals surface area contributed by atoms with Crippen LogP contribution in [0.1, 0.15) is 15.9 Å². The third kappa shape index (κ3) is 3.14. The lowest BCUT2D eigenvalue weighted by Gasteiger charge is -2.14. The normalized spacial score (nSPS) is 13.0. The van der Waals surface area contributed by atoms with E-state index in [2.05, 4.69) is 15.3 Å². The number of rotatable bonds is 4. The fourth-order valence-corrected chi connectivity index (χ4v) is 3.34. The molecule has 0 spiro atoms. The van der Waals surface area contributed by atoms with Crippen LogP contribution in [0.5, 0.6) is 0 Å². The molecule has 3 aromatic rings. The first-order chi connectivity index (χ1) is 12.2. The van der Waals surface area contributed by atoms with E-state index in [0.29, 0.717) is 17.2 Å². The van der Waals surface area contributed by atoms with Crippen molar-refractivity contribution in [3.8, 4) is 11.3 Å². The quantitative estimate of drug-likeness (QED) is 0.785. The van der Waals surface area contributed by atoms with E-state index >= 15 is 0 Å². The maximum absolute atomic E-state index is 12.6. The van der Waals surface area contributed by atoms with Gasteiger partial charge in [-0.1, -0.05) is 18.2 Å². The predicted molar refractivity (Wildman–Crippen MR) is 95.2 cm³/mol. The number of benzene rings is 1. The summed E-state index contributed by atoms with van der Waals surface area (Å²) in [6.45, 7) is 0.438. The van der Waals surface area contributed by atoms with E-state index in [4.69, 9.17) is 0 Å². The number of carbonyl (C=O) groups excluding carboxylic acids is 2. The molecule has 0 fully saturated rings. The molecule has 4 rings (SSSR count). The van der Waals surface area contributed by atoms with Crippen LogP contribution in [0, 0.1) is 0 Å². The predicted octanol–water partition coefficient (Wildman–Crippen LogP) is 2.80. The van der Waals surface area contributed by atoms with Crippen LogP contribution in [0.25, 0.3) is 11.3 Å². The third-order valence-electron chi connectivity index (χ3n) is 3.96. The second kappa shape index (κ2) is 6.45. The average Bonchev–Trinajstić information content (AvgIpc) is 3.24. The number of anilines is 1. The molecule has 0 saturated heterocycles. The van der Waals surface area contributed by atoms with E-state index in [-0.39, 0.29) is 18.4 Å². The van der Waals surface area contributed by atoms with E-state index in [1.54, 1.807) is 17.8 Å². The summed E-state index contributed by atoms with van der Waals surface area (Å²) >= 11 is 1.34. The molecule has 6 nitrogen and oxygen atoms in total. The molecule has 0 radical (unpaired) electrons. The van der Waals surface area contributed by atoms with Crippen molar-refractivity contribution in [1.82, 2.24) is 14.9 Å². The number of hydrogen-bond donors (Lipinski definition) is 1. The molecule has 2 amide bonds. The molecule has 0 aliphatic carbocycles. The van der Waals surface area contributed by atoms with Gasteiger partial charge < -0.3 is 10.2 Å². The van der Waals surface area contributed by atoms with Gasteiger partial charge in [-0.3, -0.25) is 14.6 Å². The van der Waals surface area contributed by atoms with Gasteiger partial charge in [0.2, 0.25) is 5.91 Å². The Labute approximate surface area is 148 Å². The van der Waals surface area contributed by atoms with E-state index in [1.165, 1.54) is 16.2 Å². The second-order valence-corrected chi connectivity index (χ2v) is 6.53. The standard InChI is InChI=1S/C18H14N4O2S/c23-16(21-18-20-7-8-25-18)11-22-10-13-5-4-12(9-14(13)17(22)24)15-3-1-2-6-19-15/h1-9H,10-11H2,(H,20,21,23). The number of pyridine rings is 1. The van der Waals surface area contributed by atoms with E-state index in [9.17, 15) is 9.59 Å². The molecule has 0 saturated carbocycles. The summed E-state index contributed by atoms with van der Waals surface area (Å²) in [4.78, 5) is 34.6. The first-order valence-corrected chi connectivity index (χ1v) is 8.61. The smallest absolute Gasteiger partial charge is 0.254 e. The SMILES string of the molecule is O=C(CN1Cc2ccc(-c3ccccn3)cc2C1=O)Nc1nccs1.